The van der Waals surface area contributed by atoms with Gasteiger partial charge in [0.25, 0.3) is 0 Å². The van der Waals surface area contributed by atoms with Gasteiger partial charge in [-0.1, -0.05) is 62.4 Å². The Morgan fingerprint density at radius 1 is 0.842 bits per heavy atom. The summed E-state index contributed by atoms with van der Waals surface area (Å²) in [5.74, 6) is 0. The zero-order chi connectivity index (χ0) is 12.8. The molecule has 0 saturated carbocycles. The van der Waals surface area contributed by atoms with Crippen molar-refractivity contribution in [2.45, 2.75) is 25.7 Å². The van der Waals surface area contributed by atoms with E-state index in [9.17, 15) is 0 Å². The lowest BCUT2D eigenvalue weighted by Crippen LogP contribution is -2.34. The van der Waals surface area contributed by atoms with Crippen molar-refractivity contribution in [3.8, 4) is 11.1 Å². The van der Waals surface area contributed by atoms with Crippen LogP contribution in [0.25, 0.3) is 16.7 Å². The molecule has 92 valence electrons. The Hall–Kier alpha value is -1.82. The van der Waals surface area contributed by atoms with E-state index in [1.54, 1.807) is 16.7 Å². The molecule has 19 heavy (non-hydrogen) atoms. The Kier molecular flexibility index (Phi) is 1.42. The van der Waals surface area contributed by atoms with Gasteiger partial charge in [0.2, 0.25) is 0 Å². The normalized spacial score (nSPS) is 27.2. The predicted molar refractivity (Wildman–Crippen MR) is 79.0 cm³/mol. The van der Waals surface area contributed by atoms with E-state index in [2.05, 4.69) is 62.4 Å². The van der Waals surface area contributed by atoms with Crippen molar-refractivity contribution >= 4 is 5.57 Å². The van der Waals surface area contributed by atoms with Crippen molar-refractivity contribution in [3.05, 3.63) is 65.2 Å². The van der Waals surface area contributed by atoms with Gasteiger partial charge >= 0.3 is 0 Å². The largest absolute Gasteiger partial charge is 0.0737 e. The molecule has 0 bridgehead atoms. The summed E-state index contributed by atoms with van der Waals surface area (Å²) in [6.07, 6.45) is 3.75. The zero-order valence-electron chi connectivity index (χ0n) is 11.3. The van der Waals surface area contributed by atoms with Gasteiger partial charge in [-0.3, -0.25) is 0 Å². The molecule has 0 radical (unpaired) electrons. The van der Waals surface area contributed by atoms with Crippen LogP contribution < -0.4 is 0 Å². The van der Waals surface area contributed by atoms with E-state index in [1.807, 2.05) is 0 Å². The van der Waals surface area contributed by atoms with Gasteiger partial charge in [0.15, 0.2) is 0 Å². The van der Waals surface area contributed by atoms with E-state index in [0.717, 1.165) is 0 Å². The second kappa shape index (κ2) is 2.70. The maximum atomic E-state index is 2.52. The summed E-state index contributed by atoms with van der Waals surface area (Å²) >= 11 is 0. The van der Waals surface area contributed by atoms with Gasteiger partial charge in [-0.05, 0) is 45.2 Å². The number of rotatable bonds is 0. The topological polar surface area (TPSA) is 0 Å². The third-order valence-corrected chi connectivity index (χ3v) is 5.17. The van der Waals surface area contributed by atoms with Gasteiger partial charge in [-0.2, -0.15) is 0 Å². The molecule has 0 amide bonds. The Labute approximate surface area is 113 Å². The SMILES string of the molecule is CC1(C)C=C2c3cccc4c3C2(C1)c1ccccc1-4. The zero-order valence-corrected chi connectivity index (χ0v) is 11.3. The first-order chi connectivity index (χ1) is 9.13. The van der Waals surface area contributed by atoms with Gasteiger partial charge in [-0.15, -0.1) is 0 Å². The number of hydrogen-bond acceptors (Lipinski definition) is 0. The van der Waals surface area contributed by atoms with Crippen molar-refractivity contribution in [2.24, 2.45) is 5.41 Å². The van der Waals surface area contributed by atoms with Crippen LogP contribution >= 0.6 is 0 Å². The first-order valence-corrected chi connectivity index (χ1v) is 7.11. The number of benzene rings is 2. The molecule has 3 aliphatic carbocycles. The van der Waals surface area contributed by atoms with E-state index < -0.39 is 0 Å². The molecule has 0 aromatic heterocycles. The molecule has 2 aromatic carbocycles. The highest BCUT2D eigenvalue weighted by atomic mass is 14.6. The third kappa shape index (κ3) is 0.898. The molecule has 5 rings (SSSR count). The Morgan fingerprint density at radius 2 is 1.58 bits per heavy atom. The van der Waals surface area contributed by atoms with Gasteiger partial charge in [0, 0.05) is 5.41 Å². The van der Waals surface area contributed by atoms with Crippen molar-refractivity contribution < 1.29 is 0 Å². The quantitative estimate of drug-likeness (QED) is 0.625. The van der Waals surface area contributed by atoms with Crippen LogP contribution in [0.1, 0.15) is 37.0 Å². The molecule has 0 N–H and O–H groups in total. The highest BCUT2D eigenvalue weighted by Crippen LogP contribution is 2.71. The summed E-state index contributed by atoms with van der Waals surface area (Å²) in [6.45, 7) is 4.74. The van der Waals surface area contributed by atoms with Crippen molar-refractivity contribution in [3.63, 3.8) is 0 Å². The molecule has 0 heteroatoms. The van der Waals surface area contributed by atoms with Crippen LogP contribution in [0.4, 0.5) is 0 Å². The maximum absolute atomic E-state index is 2.52. The van der Waals surface area contributed by atoms with Crippen molar-refractivity contribution in [1.82, 2.24) is 0 Å². The molecule has 0 nitrogen and oxygen atoms in total. The molecule has 0 heterocycles. The number of fused-ring (bicyclic) bond motifs is 3. The summed E-state index contributed by atoms with van der Waals surface area (Å²) in [6, 6.07) is 15.8. The van der Waals surface area contributed by atoms with Crippen LogP contribution in [0.5, 0.6) is 0 Å². The molecule has 3 aliphatic rings. The average molecular weight is 244 g/mol. The number of allylic oxidation sites excluding steroid dienone is 2. The highest BCUT2D eigenvalue weighted by molar-refractivity contribution is 6.04. The van der Waals surface area contributed by atoms with Gasteiger partial charge in [-0.25, -0.2) is 0 Å². The summed E-state index contributed by atoms with van der Waals surface area (Å²) in [4.78, 5) is 0. The fourth-order valence-corrected chi connectivity index (χ4v) is 4.74. The molecule has 0 aliphatic heterocycles. The van der Waals surface area contributed by atoms with Gasteiger partial charge in [0.05, 0.1) is 0 Å². The van der Waals surface area contributed by atoms with Crippen molar-refractivity contribution in [2.75, 3.05) is 0 Å². The second-order valence-corrected chi connectivity index (χ2v) is 6.90. The molecule has 0 saturated heterocycles. The van der Waals surface area contributed by atoms with Crippen LogP contribution in [0.2, 0.25) is 0 Å². The molecule has 0 fully saturated rings. The molecule has 1 atom stereocenters. The van der Waals surface area contributed by atoms with E-state index in [0.29, 0.717) is 5.41 Å². The number of hydrogen-bond donors (Lipinski definition) is 0. The van der Waals surface area contributed by atoms with E-state index in [1.165, 1.54) is 23.1 Å². The smallest absolute Gasteiger partial charge is 0.0480 e. The highest BCUT2D eigenvalue weighted by Gasteiger charge is 2.59. The predicted octanol–water partition coefficient (Wildman–Crippen LogP) is 4.78. The fourth-order valence-electron chi connectivity index (χ4n) is 4.74. The summed E-state index contributed by atoms with van der Waals surface area (Å²) in [5.41, 5.74) is 9.70. The van der Waals surface area contributed by atoms with Crippen LogP contribution in [0.3, 0.4) is 0 Å². The lowest BCUT2D eigenvalue weighted by molar-refractivity contribution is 0.402. The Bertz CT molecular complexity index is 776. The fraction of sp³-hybridized carbons (Fsp3) is 0.263. The van der Waals surface area contributed by atoms with E-state index >= 15 is 0 Å². The first kappa shape index (κ1) is 10.0. The lowest BCUT2D eigenvalue weighted by Gasteiger charge is -2.42. The van der Waals surface area contributed by atoms with Gasteiger partial charge in [0.1, 0.15) is 0 Å². The summed E-state index contributed by atoms with van der Waals surface area (Å²) < 4.78 is 0. The van der Waals surface area contributed by atoms with E-state index in [-0.39, 0.29) is 5.41 Å². The van der Waals surface area contributed by atoms with Crippen LogP contribution in [0, 0.1) is 5.41 Å². The minimum Gasteiger partial charge on any atom is -0.0737 e. The van der Waals surface area contributed by atoms with Crippen LogP contribution in [-0.4, -0.2) is 0 Å². The molecular formula is C19H16. The molecule has 1 unspecified atom stereocenters. The lowest BCUT2D eigenvalue weighted by atomic mass is 9.59. The second-order valence-electron chi connectivity index (χ2n) is 6.90. The Morgan fingerprint density at radius 3 is 2.47 bits per heavy atom. The molecule has 1 spiro atoms. The summed E-state index contributed by atoms with van der Waals surface area (Å²) in [7, 11) is 0. The molecule has 2 aromatic rings. The Balaban J connectivity index is 1.96. The summed E-state index contributed by atoms with van der Waals surface area (Å²) in [5, 5.41) is 0. The first-order valence-electron chi connectivity index (χ1n) is 7.11. The minimum atomic E-state index is 0.228. The minimum absolute atomic E-state index is 0.228. The third-order valence-electron chi connectivity index (χ3n) is 5.17. The van der Waals surface area contributed by atoms with Crippen LogP contribution in [-0.2, 0) is 5.41 Å². The van der Waals surface area contributed by atoms with Crippen molar-refractivity contribution in [1.29, 1.82) is 0 Å². The van der Waals surface area contributed by atoms with E-state index in [4.69, 9.17) is 0 Å². The maximum Gasteiger partial charge on any atom is 0.0480 e. The average Bonchev–Trinajstić information content (AvgIpc) is 2.80. The van der Waals surface area contributed by atoms with Gasteiger partial charge < -0.3 is 0 Å². The standard InChI is InChI=1S/C19H16/c1-18(2)10-16-14-8-5-7-13-12-6-3-4-9-15(12)19(16,11-18)17(13)14/h3-10H,11H2,1-2H3. The monoisotopic (exact) mass is 244 g/mol. The van der Waals surface area contributed by atoms with Crippen LogP contribution in [0.15, 0.2) is 48.5 Å². The molecular weight excluding hydrogens is 228 g/mol.